The smallest absolute Gasteiger partial charge is 0.331 e. The van der Waals surface area contributed by atoms with Gasteiger partial charge in [0.25, 0.3) is 0 Å². The number of rotatable bonds is 3. The lowest BCUT2D eigenvalue weighted by Gasteiger charge is -2.31. The Kier molecular flexibility index (Phi) is 4.46. The van der Waals surface area contributed by atoms with Crippen molar-refractivity contribution < 1.29 is 14.3 Å². The lowest BCUT2D eigenvalue weighted by atomic mass is 10.2. The van der Waals surface area contributed by atoms with Gasteiger partial charge >= 0.3 is 5.97 Å². The lowest BCUT2D eigenvalue weighted by Crippen LogP contribution is -2.39. The zero-order chi connectivity index (χ0) is 10.4. The van der Waals surface area contributed by atoms with Crippen LogP contribution in [0, 0.1) is 0 Å². The number of morpholine rings is 1. The summed E-state index contributed by atoms with van der Waals surface area (Å²) in [5.74, 6) is -0.315. The van der Waals surface area contributed by atoms with Crippen molar-refractivity contribution in [2.24, 2.45) is 0 Å². The van der Waals surface area contributed by atoms with Gasteiger partial charge in [-0.05, 0) is 6.42 Å². The van der Waals surface area contributed by atoms with Crippen molar-refractivity contribution in [2.45, 2.75) is 19.4 Å². The normalized spacial score (nSPS) is 22.7. The molecule has 1 unspecified atom stereocenters. The molecule has 0 saturated carbocycles. The van der Waals surface area contributed by atoms with E-state index in [9.17, 15) is 4.79 Å². The maximum atomic E-state index is 10.8. The van der Waals surface area contributed by atoms with Crippen molar-refractivity contribution in [1.29, 1.82) is 0 Å². The van der Waals surface area contributed by atoms with Crippen LogP contribution in [-0.2, 0) is 14.3 Å². The second kappa shape index (κ2) is 5.65. The predicted octanol–water partition coefficient (Wildman–Crippen LogP) is 0.784. The standard InChI is InChI=1S/C10H17NO3/c1-3-9-8-11(6-7-14-9)5-4-10(12)13-2/h4-5,9H,3,6-8H2,1-2H3. The fraction of sp³-hybridized carbons (Fsp3) is 0.700. The highest BCUT2D eigenvalue weighted by molar-refractivity contribution is 5.81. The molecule has 1 aliphatic heterocycles. The maximum absolute atomic E-state index is 10.8. The third kappa shape index (κ3) is 3.38. The molecule has 0 aromatic heterocycles. The molecule has 1 fully saturated rings. The van der Waals surface area contributed by atoms with Gasteiger partial charge in [-0.25, -0.2) is 4.79 Å². The van der Waals surface area contributed by atoms with Gasteiger partial charge in [-0.3, -0.25) is 0 Å². The molecule has 4 heteroatoms. The Hall–Kier alpha value is -1.03. The molecule has 0 aromatic rings. The minimum absolute atomic E-state index is 0.283. The summed E-state index contributed by atoms with van der Waals surface area (Å²) in [7, 11) is 1.38. The van der Waals surface area contributed by atoms with E-state index in [-0.39, 0.29) is 12.1 Å². The van der Waals surface area contributed by atoms with Crippen LogP contribution in [0.2, 0.25) is 0 Å². The summed E-state index contributed by atoms with van der Waals surface area (Å²) in [5.41, 5.74) is 0. The topological polar surface area (TPSA) is 38.8 Å². The Morgan fingerprint density at radius 3 is 3.14 bits per heavy atom. The Balaban J connectivity index is 2.37. The summed E-state index contributed by atoms with van der Waals surface area (Å²) in [6.45, 7) is 4.51. The minimum Gasteiger partial charge on any atom is -0.466 e. The van der Waals surface area contributed by atoms with Gasteiger partial charge in [0.15, 0.2) is 0 Å². The van der Waals surface area contributed by atoms with Gasteiger partial charge in [-0.2, -0.15) is 0 Å². The summed E-state index contributed by atoms with van der Waals surface area (Å²) >= 11 is 0. The molecule has 80 valence electrons. The van der Waals surface area contributed by atoms with Gasteiger partial charge in [0, 0.05) is 25.4 Å². The van der Waals surface area contributed by atoms with Crippen molar-refractivity contribution >= 4 is 5.97 Å². The summed E-state index contributed by atoms with van der Waals surface area (Å²) in [4.78, 5) is 12.9. The number of ether oxygens (including phenoxy) is 2. The number of hydrogen-bond acceptors (Lipinski definition) is 4. The molecule has 0 amide bonds. The SMILES string of the molecule is CCC1CN(C=CC(=O)OC)CCO1. The fourth-order valence-corrected chi connectivity index (χ4v) is 1.36. The highest BCUT2D eigenvalue weighted by Gasteiger charge is 2.15. The molecule has 1 atom stereocenters. The Morgan fingerprint density at radius 2 is 2.50 bits per heavy atom. The van der Waals surface area contributed by atoms with Gasteiger partial charge in [0.1, 0.15) is 0 Å². The summed E-state index contributed by atoms with van der Waals surface area (Å²) in [5, 5.41) is 0. The third-order valence-corrected chi connectivity index (χ3v) is 2.25. The van der Waals surface area contributed by atoms with E-state index in [1.807, 2.05) is 0 Å². The average Bonchev–Trinajstić information content (AvgIpc) is 2.26. The van der Waals surface area contributed by atoms with Crippen molar-refractivity contribution in [2.75, 3.05) is 26.8 Å². The van der Waals surface area contributed by atoms with E-state index in [0.717, 1.165) is 26.1 Å². The highest BCUT2D eigenvalue weighted by Crippen LogP contribution is 2.08. The second-order valence-corrected chi connectivity index (χ2v) is 3.23. The monoisotopic (exact) mass is 199 g/mol. The molecule has 1 heterocycles. The Labute approximate surface area is 84.5 Å². The summed E-state index contributed by atoms with van der Waals surface area (Å²) in [6.07, 6.45) is 4.50. The molecule has 1 aliphatic rings. The lowest BCUT2D eigenvalue weighted by molar-refractivity contribution is -0.134. The maximum Gasteiger partial charge on any atom is 0.331 e. The van der Waals surface area contributed by atoms with E-state index >= 15 is 0 Å². The van der Waals surface area contributed by atoms with Gasteiger partial charge < -0.3 is 14.4 Å². The van der Waals surface area contributed by atoms with Gasteiger partial charge in [-0.1, -0.05) is 6.92 Å². The molecular weight excluding hydrogens is 182 g/mol. The number of carbonyl (C=O) groups excluding carboxylic acids is 1. The van der Waals surface area contributed by atoms with Crippen LogP contribution in [-0.4, -0.2) is 43.8 Å². The first-order valence-corrected chi connectivity index (χ1v) is 4.88. The number of carbonyl (C=O) groups is 1. The van der Waals surface area contributed by atoms with Crippen LogP contribution < -0.4 is 0 Å². The van der Waals surface area contributed by atoms with E-state index in [4.69, 9.17) is 4.74 Å². The molecule has 0 radical (unpaired) electrons. The van der Waals surface area contributed by atoms with Crippen LogP contribution >= 0.6 is 0 Å². The zero-order valence-electron chi connectivity index (χ0n) is 8.73. The number of hydrogen-bond donors (Lipinski definition) is 0. The zero-order valence-corrected chi connectivity index (χ0v) is 8.73. The van der Waals surface area contributed by atoms with Gasteiger partial charge in [0.05, 0.1) is 19.8 Å². The van der Waals surface area contributed by atoms with Gasteiger partial charge in [-0.15, -0.1) is 0 Å². The first kappa shape index (κ1) is 11.0. The molecular formula is C10H17NO3. The van der Waals surface area contributed by atoms with E-state index in [2.05, 4.69) is 16.6 Å². The minimum atomic E-state index is -0.315. The highest BCUT2D eigenvalue weighted by atomic mass is 16.5. The molecule has 0 aromatic carbocycles. The fourth-order valence-electron chi connectivity index (χ4n) is 1.36. The van der Waals surface area contributed by atoms with Crippen molar-refractivity contribution in [3.8, 4) is 0 Å². The third-order valence-electron chi connectivity index (χ3n) is 2.25. The van der Waals surface area contributed by atoms with Gasteiger partial charge in [0.2, 0.25) is 0 Å². The Morgan fingerprint density at radius 1 is 1.71 bits per heavy atom. The molecule has 0 N–H and O–H groups in total. The van der Waals surface area contributed by atoms with Crippen LogP contribution in [0.15, 0.2) is 12.3 Å². The summed E-state index contributed by atoms with van der Waals surface area (Å²) < 4.78 is 10.0. The molecule has 0 bridgehead atoms. The van der Waals surface area contributed by atoms with Crippen LogP contribution in [0.5, 0.6) is 0 Å². The van der Waals surface area contributed by atoms with E-state index < -0.39 is 0 Å². The average molecular weight is 199 g/mol. The summed E-state index contributed by atoms with van der Waals surface area (Å²) in [6, 6.07) is 0. The Bertz CT molecular complexity index is 215. The number of methoxy groups -OCH3 is 1. The van der Waals surface area contributed by atoms with E-state index in [0.29, 0.717) is 0 Å². The number of esters is 1. The second-order valence-electron chi connectivity index (χ2n) is 3.23. The van der Waals surface area contributed by atoms with E-state index in [1.54, 1.807) is 6.20 Å². The van der Waals surface area contributed by atoms with Crippen LogP contribution in [0.4, 0.5) is 0 Å². The number of nitrogens with zero attached hydrogens (tertiary/aromatic N) is 1. The van der Waals surface area contributed by atoms with E-state index in [1.165, 1.54) is 13.2 Å². The predicted molar refractivity (Wildman–Crippen MR) is 52.8 cm³/mol. The first-order valence-electron chi connectivity index (χ1n) is 4.88. The molecule has 4 nitrogen and oxygen atoms in total. The molecule has 1 saturated heterocycles. The molecule has 0 spiro atoms. The van der Waals surface area contributed by atoms with Crippen molar-refractivity contribution in [3.05, 3.63) is 12.3 Å². The van der Waals surface area contributed by atoms with Crippen molar-refractivity contribution in [3.63, 3.8) is 0 Å². The quantitative estimate of drug-likeness (QED) is 0.497. The molecule has 1 rings (SSSR count). The molecule has 0 aliphatic carbocycles. The first-order chi connectivity index (χ1) is 6.76. The largest absolute Gasteiger partial charge is 0.466 e. The van der Waals surface area contributed by atoms with Crippen molar-refractivity contribution in [1.82, 2.24) is 4.90 Å². The van der Waals surface area contributed by atoms with Crippen LogP contribution in [0.3, 0.4) is 0 Å². The molecule has 14 heavy (non-hydrogen) atoms. The van der Waals surface area contributed by atoms with Crippen LogP contribution in [0.25, 0.3) is 0 Å². The van der Waals surface area contributed by atoms with Crippen LogP contribution in [0.1, 0.15) is 13.3 Å².